The number of halogens is 2. The fraction of sp³-hybridized carbons (Fsp3) is 0.114. The van der Waals surface area contributed by atoms with Gasteiger partial charge in [0, 0.05) is 63.3 Å². The van der Waals surface area contributed by atoms with Gasteiger partial charge < -0.3 is 9.47 Å². The van der Waals surface area contributed by atoms with Gasteiger partial charge in [0.25, 0.3) is 23.5 Å². The molecule has 0 radical (unpaired) electrons. The fourth-order valence-electron chi connectivity index (χ4n) is 4.66. The molecule has 250 valence electrons. The van der Waals surface area contributed by atoms with E-state index in [2.05, 4.69) is 51.8 Å². The van der Waals surface area contributed by atoms with E-state index in [4.69, 9.17) is 9.47 Å². The van der Waals surface area contributed by atoms with Gasteiger partial charge in [0.1, 0.15) is 5.69 Å². The Morgan fingerprint density at radius 2 is 1.28 bits per heavy atom. The number of benzene rings is 2. The summed E-state index contributed by atoms with van der Waals surface area (Å²) in [5, 5.41) is 0. The van der Waals surface area contributed by atoms with Crippen molar-refractivity contribution in [1.29, 1.82) is 0 Å². The molecule has 13 nitrogen and oxygen atoms in total. The van der Waals surface area contributed by atoms with Crippen molar-refractivity contribution in [3.8, 4) is 34.7 Å². The van der Waals surface area contributed by atoms with Gasteiger partial charge in [0.05, 0.1) is 11.9 Å². The highest BCUT2D eigenvalue weighted by molar-refractivity contribution is 9.10. The largest absolute Gasteiger partial charge is 0.456 e. The summed E-state index contributed by atoms with van der Waals surface area (Å²) in [6, 6.07) is 21.3. The van der Waals surface area contributed by atoms with Crippen molar-refractivity contribution in [2.75, 3.05) is 13.2 Å². The minimum Gasteiger partial charge on any atom is -0.456 e. The minimum atomic E-state index is -0.429. The van der Waals surface area contributed by atoms with Crippen LogP contribution in [0.2, 0.25) is 0 Å². The van der Waals surface area contributed by atoms with Crippen molar-refractivity contribution in [2.45, 2.75) is 6.67 Å². The second kappa shape index (κ2) is 15.3. The van der Waals surface area contributed by atoms with Crippen LogP contribution < -0.4 is 25.2 Å². The molecule has 4 heterocycles. The van der Waals surface area contributed by atoms with Gasteiger partial charge in [-0.2, -0.15) is 9.97 Å². The SMILES string of the molecule is Cn1c(OCC(=O)c2ccc(Br)cc2)nc(-c2cc[n+](Cn3c(OCC(=O)c4ccc(Br)cc4)nc(-c4ccncc4)cc3=O)cn2)cc1=O. The Hall–Kier alpha value is -5.67. The molecule has 6 rings (SSSR count). The lowest BCUT2D eigenvalue weighted by Gasteiger charge is -2.13. The van der Waals surface area contributed by atoms with E-state index in [-0.39, 0.29) is 49.2 Å². The molecule has 2 aromatic carbocycles. The van der Waals surface area contributed by atoms with Crippen molar-refractivity contribution in [1.82, 2.24) is 29.1 Å². The van der Waals surface area contributed by atoms with E-state index >= 15 is 0 Å². The fourth-order valence-corrected chi connectivity index (χ4v) is 5.18. The number of pyridine rings is 1. The van der Waals surface area contributed by atoms with E-state index in [1.54, 1.807) is 89.9 Å². The second-order valence-corrected chi connectivity index (χ2v) is 12.6. The van der Waals surface area contributed by atoms with Crippen molar-refractivity contribution in [3.63, 3.8) is 0 Å². The number of Topliss-reactive ketones (excluding diaryl/α,β-unsaturated/α-hetero) is 2. The van der Waals surface area contributed by atoms with E-state index in [1.807, 2.05) is 0 Å². The normalized spacial score (nSPS) is 10.9. The number of ether oxygens (including phenoxy) is 2. The zero-order valence-electron chi connectivity index (χ0n) is 26.3. The van der Waals surface area contributed by atoms with Crippen LogP contribution in [-0.2, 0) is 13.7 Å². The van der Waals surface area contributed by atoms with Gasteiger partial charge in [0.2, 0.25) is 5.69 Å². The lowest BCUT2D eigenvalue weighted by Crippen LogP contribution is -2.42. The minimum absolute atomic E-state index is 0.0529. The Balaban J connectivity index is 1.23. The predicted octanol–water partition coefficient (Wildman–Crippen LogP) is 4.30. The van der Waals surface area contributed by atoms with Crippen molar-refractivity contribution >= 4 is 43.4 Å². The van der Waals surface area contributed by atoms with E-state index in [0.717, 1.165) is 8.95 Å². The van der Waals surface area contributed by atoms with Crippen LogP contribution in [0.15, 0.2) is 122 Å². The van der Waals surface area contributed by atoms with E-state index in [1.165, 1.54) is 34.6 Å². The summed E-state index contributed by atoms with van der Waals surface area (Å²) in [6.07, 6.45) is 6.25. The zero-order valence-corrected chi connectivity index (χ0v) is 29.4. The summed E-state index contributed by atoms with van der Waals surface area (Å²) in [5.74, 6) is -0.579. The smallest absolute Gasteiger partial charge is 0.303 e. The third-order valence-electron chi connectivity index (χ3n) is 7.38. The molecule has 0 unspecified atom stereocenters. The molecule has 0 aliphatic carbocycles. The van der Waals surface area contributed by atoms with E-state index in [0.29, 0.717) is 28.1 Å². The molecule has 0 amide bonds. The lowest BCUT2D eigenvalue weighted by atomic mass is 10.1. The quantitative estimate of drug-likeness (QED) is 0.129. The average Bonchev–Trinajstić information content (AvgIpc) is 3.13. The summed E-state index contributed by atoms with van der Waals surface area (Å²) in [5.41, 5.74) is 1.63. The van der Waals surface area contributed by atoms with Crippen molar-refractivity contribution < 1.29 is 23.6 Å². The molecule has 4 aromatic heterocycles. The topological polar surface area (TPSA) is 152 Å². The highest BCUT2D eigenvalue weighted by Gasteiger charge is 2.19. The number of hydrogen-bond acceptors (Lipinski definition) is 10. The number of hydrogen-bond donors (Lipinski definition) is 0. The summed E-state index contributed by atoms with van der Waals surface area (Å²) >= 11 is 6.70. The highest BCUT2D eigenvalue weighted by atomic mass is 79.9. The lowest BCUT2D eigenvalue weighted by molar-refractivity contribution is -0.704. The molecular weight excluding hydrogens is 774 g/mol. The second-order valence-electron chi connectivity index (χ2n) is 10.8. The molecule has 0 aliphatic heterocycles. The van der Waals surface area contributed by atoms with Crippen LogP contribution in [0.1, 0.15) is 20.7 Å². The maximum absolute atomic E-state index is 13.4. The van der Waals surface area contributed by atoms with Crippen LogP contribution in [0, 0.1) is 0 Å². The molecular formula is C35H26Br2N7O6+. The van der Waals surface area contributed by atoms with Crippen LogP contribution in [0.25, 0.3) is 22.6 Å². The van der Waals surface area contributed by atoms with Crippen LogP contribution in [0.5, 0.6) is 12.0 Å². The Labute approximate surface area is 301 Å². The third kappa shape index (κ3) is 8.13. The summed E-state index contributed by atoms with van der Waals surface area (Å²) < 4.78 is 17.2. The number of carbonyl (C=O) groups is 2. The Morgan fingerprint density at radius 3 is 1.86 bits per heavy atom. The molecule has 15 heteroatoms. The number of nitrogens with zero attached hydrogens (tertiary/aromatic N) is 7. The van der Waals surface area contributed by atoms with Gasteiger partial charge in [-0.1, -0.05) is 56.1 Å². The number of ketones is 2. The van der Waals surface area contributed by atoms with Gasteiger partial charge in [-0.15, -0.1) is 0 Å². The predicted molar refractivity (Wildman–Crippen MR) is 188 cm³/mol. The zero-order chi connectivity index (χ0) is 35.2. The maximum atomic E-state index is 13.4. The van der Waals surface area contributed by atoms with Crippen LogP contribution in [0.3, 0.4) is 0 Å². The molecule has 0 saturated heterocycles. The number of carbonyl (C=O) groups excluding carboxylic acids is 2. The van der Waals surface area contributed by atoms with Gasteiger partial charge in [-0.05, 0) is 41.4 Å². The summed E-state index contributed by atoms with van der Waals surface area (Å²) in [6.45, 7) is -0.743. The van der Waals surface area contributed by atoms with E-state index < -0.39 is 11.1 Å². The van der Waals surface area contributed by atoms with Crippen LogP contribution in [-0.4, -0.2) is 53.9 Å². The molecule has 0 N–H and O–H groups in total. The van der Waals surface area contributed by atoms with E-state index in [9.17, 15) is 19.2 Å². The molecule has 6 aromatic rings. The summed E-state index contributed by atoms with van der Waals surface area (Å²) in [7, 11) is 1.49. The molecule has 0 fully saturated rings. The highest BCUT2D eigenvalue weighted by Crippen LogP contribution is 2.19. The Bertz CT molecular complexity index is 2300. The summed E-state index contributed by atoms with van der Waals surface area (Å²) in [4.78, 5) is 69.1. The molecule has 0 atom stereocenters. The first-order valence-electron chi connectivity index (χ1n) is 14.9. The van der Waals surface area contributed by atoms with Gasteiger partial charge >= 0.3 is 6.01 Å². The third-order valence-corrected chi connectivity index (χ3v) is 8.43. The van der Waals surface area contributed by atoms with Crippen molar-refractivity contribution in [3.05, 3.63) is 145 Å². The van der Waals surface area contributed by atoms with Gasteiger partial charge in [-0.3, -0.25) is 28.7 Å². The van der Waals surface area contributed by atoms with Crippen LogP contribution in [0.4, 0.5) is 0 Å². The van der Waals surface area contributed by atoms with Gasteiger partial charge in [-0.25, -0.2) is 9.13 Å². The molecule has 0 bridgehead atoms. The molecule has 0 saturated carbocycles. The van der Waals surface area contributed by atoms with Gasteiger partial charge in [0.15, 0.2) is 31.4 Å². The number of rotatable bonds is 12. The first-order valence-corrected chi connectivity index (χ1v) is 16.5. The first-order chi connectivity index (χ1) is 24.1. The number of aromatic nitrogens is 7. The monoisotopic (exact) mass is 798 g/mol. The standard InChI is InChI=1S/C35H26Br2N7O6/c1-42-32(47)17-29(41-34(42)49-18-30(45)23-2-6-25(36)7-3-23)27-12-15-43(20-39-27)21-44-33(48)16-28(22-10-13-38-14-11-22)40-35(44)50-19-31(46)24-4-8-26(37)9-5-24/h2-17,20H,18-19,21H2,1H3/q+1. The first kappa shape index (κ1) is 34.2. The Kier molecular flexibility index (Phi) is 10.4. The Morgan fingerprint density at radius 1 is 0.720 bits per heavy atom. The average molecular weight is 800 g/mol. The molecule has 0 spiro atoms. The molecule has 50 heavy (non-hydrogen) atoms. The van der Waals surface area contributed by atoms with Crippen LogP contribution >= 0.6 is 31.9 Å². The maximum Gasteiger partial charge on any atom is 0.303 e. The molecule has 0 aliphatic rings. The van der Waals surface area contributed by atoms with Crippen molar-refractivity contribution in [2.24, 2.45) is 7.05 Å².